The van der Waals surface area contributed by atoms with E-state index in [4.69, 9.17) is 23.2 Å². The lowest BCUT2D eigenvalue weighted by molar-refractivity contribution is 0.304. The molecule has 1 fully saturated rings. The van der Waals surface area contributed by atoms with Gasteiger partial charge in [0.25, 0.3) is 0 Å². The number of nitriles is 1. The smallest absolute Gasteiger partial charge is 0.145 e. The first-order valence-corrected chi connectivity index (χ1v) is 9.61. The summed E-state index contributed by atoms with van der Waals surface area (Å²) < 4.78 is 14.2. The van der Waals surface area contributed by atoms with Gasteiger partial charge in [0, 0.05) is 30.9 Å². The van der Waals surface area contributed by atoms with Crippen LogP contribution in [0, 0.1) is 28.5 Å². The first kappa shape index (κ1) is 21.6. The molecule has 3 rings (SSSR count). The molecule has 3 atom stereocenters. The maximum absolute atomic E-state index is 14.2. The van der Waals surface area contributed by atoms with E-state index in [2.05, 4.69) is 37.1 Å². The van der Waals surface area contributed by atoms with E-state index < -0.39 is 5.82 Å². The Morgan fingerprint density at radius 1 is 1.26 bits per heavy atom. The molecule has 0 spiro atoms. The van der Waals surface area contributed by atoms with Crippen LogP contribution in [0.5, 0.6) is 0 Å². The molecule has 1 aliphatic heterocycles. The van der Waals surface area contributed by atoms with Gasteiger partial charge in [-0.15, -0.1) is 0 Å². The Kier molecular flexibility index (Phi) is 7.61. The Balaban J connectivity index is 0.000000313. The third-order valence-electron chi connectivity index (χ3n) is 4.45. The van der Waals surface area contributed by atoms with Crippen LogP contribution in [-0.4, -0.2) is 17.6 Å². The fourth-order valence-electron chi connectivity index (χ4n) is 3.30. The topological polar surface area (TPSA) is 48.7 Å². The molecule has 27 heavy (non-hydrogen) atoms. The van der Waals surface area contributed by atoms with Crippen LogP contribution in [0.25, 0.3) is 0 Å². The number of benzene rings is 1. The molecule has 1 aromatic carbocycles. The van der Waals surface area contributed by atoms with Gasteiger partial charge in [0.15, 0.2) is 0 Å². The normalized spacial score (nSPS) is 21.9. The number of rotatable bonds is 2. The van der Waals surface area contributed by atoms with E-state index in [9.17, 15) is 9.65 Å². The van der Waals surface area contributed by atoms with Crippen LogP contribution in [-0.2, 0) is 0 Å². The summed E-state index contributed by atoms with van der Waals surface area (Å²) in [4.78, 5) is 3.75. The average Bonchev–Trinajstić information content (AvgIpc) is 2.99. The molecule has 0 amide bonds. The summed E-state index contributed by atoms with van der Waals surface area (Å²) in [6.07, 6.45) is 4.18. The number of halogens is 3. The SMILES string of the molecule is CC(C)(C)CC1NCC(c2cccc(Cl)c2F)C1C#N.Clc1cccnc1. The van der Waals surface area contributed by atoms with Crippen LogP contribution in [0.15, 0.2) is 42.7 Å². The van der Waals surface area contributed by atoms with Crippen LogP contribution < -0.4 is 5.32 Å². The highest BCUT2D eigenvalue weighted by Gasteiger charge is 2.39. The predicted molar refractivity (Wildman–Crippen MR) is 108 cm³/mol. The Hall–Kier alpha value is -1.67. The number of nitrogens with zero attached hydrogens (tertiary/aromatic N) is 2. The minimum Gasteiger partial charge on any atom is -0.312 e. The lowest BCUT2D eigenvalue weighted by Gasteiger charge is -2.26. The molecule has 0 radical (unpaired) electrons. The average molecular weight is 408 g/mol. The van der Waals surface area contributed by atoms with Crippen molar-refractivity contribution in [2.75, 3.05) is 6.54 Å². The zero-order chi connectivity index (χ0) is 20.0. The van der Waals surface area contributed by atoms with Crippen molar-refractivity contribution < 1.29 is 4.39 Å². The number of aromatic nitrogens is 1. The summed E-state index contributed by atoms with van der Waals surface area (Å²) in [5.74, 6) is -0.745. The van der Waals surface area contributed by atoms with Crippen molar-refractivity contribution in [3.05, 3.63) is 64.2 Å². The van der Waals surface area contributed by atoms with Crippen LogP contribution in [0.2, 0.25) is 10.0 Å². The monoisotopic (exact) mass is 407 g/mol. The van der Waals surface area contributed by atoms with E-state index >= 15 is 0 Å². The third-order valence-corrected chi connectivity index (χ3v) is 4.97. The first-order valence-electron chi connectivity index (χ1n) is 8.85. The zero-order valence-corrected chi connectivity index (χ0v) is 17.2. The van der Waals surface area contributed by atoms with Gasteiger partial charge in [-0.1, -0.05) is 56.1 Å². The third kappa shape index (κ3) is 6.17. The van der Waals surface area contributed by atoms with Crippen LogP contribution in [0.1, 0.15) is 38.7 Å². The highest BCUT2D eigenvalue weighted by molar-refractivity contribution is 6.30. The highest BCUT2D eigenvalue weighted by atomic mass is 35.5. The predicted octanol–water partition coefficient (Wildman–Crippen LogP) is 5.85. The van der Waals surface area contributed by atoms with Gasteiger partial charge in [0.1, 0.15) is 5.82 Å². The molecule has 0 saturated carbocycles. The summed E-state index contributed by atoms with van der Waals surface area (Å²) in [5, 5.41) is 13.7. The molecule has 0 aliphatic carbocycles. The van der Waals surface area contributed by atoms with Crippen molar-refractivity contribution in [1.82, 2.24) is 10.3 Å². The van der Waals surface area contributed by atoms with Crippen molar-refractivity contribution >= 4 is 23.2 Å². The summed E-state index contributed by atoms with van der Waals surface area (Å²) in [6, 6.07) is 11.1. The number of nitrogens with one attached hydrogen (secondary N) is 1. The van der Waals surface area contributed by atoms with Gasteiger partial charge in [0.05, 0.1) is 22.0 Å². The van der Waals surface area contributed by atoms with Crippen molar-refractivity contribution in [2.24, 2.45) is 11.3 Å². The minimum atomic E-state index is -0.391. The lowest BCUT2D eigenvalue weighted by Crippen LogP contribution is -2.31. The minimum absolute atomic E-state index is 0.100. The molecule has 1 saturated heterocycles. The number of hydrogen-bond acceptors (Lipinski definition) is 3. The standard InChI is InChI=1S/C16H20ClFN2.C5H4ClN/c1-16(2,3)7-14-11(8-19)12(9-20-14)10-5-4-6-13(17)15(10)18;6-5-2-1-3-7-4-5/h4-6,11-12,14,20H,7,9H2,1-3H3;1-4H. The molecule has 1 aromatic heterocycles. The summed E-state index contributed by atoms with van der Waals surface area (Å²) in [6.45, 7) is 7.07. The van der Waals surface area contributed by atoms with E-state index in [1.807, 2.05) is 0 Å². The van der Waals surface area contributed by atoms with E-state index in [0.717, 1.165) is 6.42 Å². The van der Waals surface area contributed by atoms with Gasteiger partial charge < -0.3 is 5.32 Å². The maximum atomic E-state index is 14.2. The zero-order valence-electron chi connectivity index (χ0n) is 15.7. The second kappa shape index (κ2) is 9.50. The molecule has 2 heterocycles. The van der Waals surface area contributed by atoms with Gasteiger partial charge in [0.2, 0.25) is 0 Å². The molecular weight excluding hydrogens is 384 g/mol. The summed E-state index contributed by atoms with van der Waals surface area (Å²) in [5.41, 5.74) is 0.683. The Bertz CT molecular complexity index is 784. The molecule has 1 aliphatic rings. The van der Waals surface area contributed by atoms with Crippen LogP contribution >= 0.6 is 23.2 Å². The van der Waals surface area contributed by atoms with Crippen LogP contribution in [0.3, 0.4) is 0 Å². The molecule has 3 unspecified atom stereocenters. The molecule has 6 heteroatoms. The molecule has 144 valence electrons. The number of hydrogen-bond donors (Lipinski definition) is 1. The largest absolute Gasteiger partial charge is 0.312 e. The van der Waals surface area contributed by atoms with E-state index in [1.165, 1.54) is 6.07 Å². The van der Waals surface area contributed by atoms with Crippen molar-refractivity contribution in [1.29, 1.82) is 5.26 Å². The Labute approximate surface area is 170 Å². The van der Waals surface area contributed by atoms with E-state index in [1.54, 1.807) is 36.7 Å². The fourth-order valence-corrected chi connectivity index (χ4v) is 3.61. The molecule has 2 aromatic rings. The van der Waals surface area contributed by atoms with Gasteiger partial charge in [-0.25, -0.2) is 4.39 Å². The summed E-state index contributed by atoms with van der Waals surface area (Å²) in [7, 11) is 0. The molecule has 1 N–H and O–H groups in total. The first-order chi connectivity index (χ1) is 12.7. The van der Waals surface area contributed by atoms with Gasteiger partial charge in [-0.2, -0.15) is 5.26 Å². The van der Waals surface area contributed by atoms with E-state index in [0.29, 0.717) is 17.1 Å². The van der Waals surface area contributed by atoms with Crippen LogP contribution in [0.4, 0.5) is 4.39 Å². The van der Waals surface area contributed by atoms with Crippen molar-refractivity contribution in [2.45, 2.75) is 39.2 Å². The molecular formula is C21H24Cl2FN3. The van der Waals surface area contributed by atoms with E-state index in [-0.39, 0.29) is 28.3 Å². The van der Waals surface area contributed by atoms with Gasteiger partial charge in [-0.3, -0.25) is 4.98 Å². The van der Waals surface area contributed by atoms with Gasteiger partial charge >= 0.3 is 0 Å². The summed E-state index contributed by atoms with van der Waals surface area (Å²) >= 11 is 11.3. The van der Waals surface area contributed by atoms with Gasteiger partial charge in [-0.05, 0) is 35.6 Å². The molecule has 0 bridgehead atoms. The molecule has 3 nitrogen and oxygen atoms in total. The highest BCUT2D eigenvalue weighted by Crippen LogP contribution is 2.38. The number of pyridine rings is 1. The fraction of sp³-hybridized carbons (Fsp3) is 0.429. The lowest BCUT2D eigenvalue weighted by atomic mass is 9.79. The Morgan fingerprint density at radius 3 is 2.52 bits per heavy atom. The van der Waals surface area contributed by atoms with Crippen molar-refractivity contribution in [3.8, 4) is 6.07 Å². The second-order valence-electron chi connectivity index (χ2n) is 7.86. The second-order valence-corrected chi connectivity index (χ2v) is 8.70. The Morgan fingerprint density at radius 2 is 2.00 bits per heavy atom. The maximum Gasteiger partial charge on any atom is 0.145 e. The van der Waals surface area contributed by atoms with Crippen molar-refractivity contribution in [3.63, 3.8) is 0 Å². The quantitative estimate of drug-likeness (QED) is 0.679.